The topological polar surface area (TPSA) is 32.3 Å². The summed E-state index contributed by atoms with van der Waals surface area (Å²) in [6.45, 7) is 2.37. The maximum absolute atomic E-state index is 14.2. The summed E-state index contributed by atoms with van der Waals surface area (Å²) >= 11 is 1.58. The highest BCUT2D eigenvalue weighted by Gasteiger charge is 2.25. The van der Waals surface area contributed by atoms with Crippen LogP contribution in [-0.2, 0) is 11.2 Å². The first-order chi connectivity index (χ1) is 11.2. The molecule has 1 aliphatic rings. The van der Waals surface area contributed by atoms with Crippen LogP contribution in [0.25, 0.3) is 0 Å². The lowest BCUT2D eigenvalue weighted by atomic mass is 10.0. The normalized spacial score (nSPS) is 16.4. The number of likely N-dealkylation sites (tertiary alicyclic amines) is 1. The molecule has 122 valence electrons. The van der Waals surface area contributed by atoms with Crippen LogP contribution in [0, 0.1) is 5.82 Å². The first-order valence-electron chi connectivity index (χ1n) is 8.01. The standard InChI is InChI=1S/C18H21FN2OS/c19-16-8-2-1-7-15(16)17(21-9-3-4-10-21)13-20-18(22)12-14-6-5-11-23-14/h1-2,5-8,11,17H,3-4,9-10,12-13H2,(H,20,22)/t17-/m1/s1. The van der Waals surface area contributed by atoms with Crippen LogP contribution in [-0.4, -0.2) is 30.4 Å². The minimum Gasteiger partial charge on any atom is -0.354 e. The molecule has 1 saturated heterocycles. The Morgan fingerprint density at radius 3 is 2.70 bits per heavy atom. The molecule has 1 amide bonds. The van der Waals surface area contributed by atoms with Crippen molar-refractivity contribution in [2.45, 2.75) is 25.3 Å². The summed E-state index contributed by atoms with van der Waals surface area (Å²) < 4.78 is 14.2. The van der Waals surface area contributed by atoms with Gasteiger partial charge in [0.05, 0.1) is 12.5 Å². The van der Waals surface area contributed by atoms with Crippen molar-refractivity contribution in [3.8, 4) is 0 Å². The van der Waals surface area contributed by atoms with Crippen molar-refractivity contribution in [2.75, 3.05) is 19.6 Å². The zero-order valence-corrected chi connectivity index (χ0v) is 13.8. The van der Waals surface area contributed by atoms with Gasteiger partial charge in [-0.1, -0.05) is 24.3 Å². The van der Waals surface area contributed by atoms with Crippen LogP contribution < -0.4 is 5.32 Å². The van der Waals surface area contributed by atoms with Gasteiger partial charge in [-0.2, -0.15) is 0 Å². The molecule has 1 aromatic heterocycles. The second kappa shape index (κ2) is 7.70. The predicted molar refractivity (Wildman–Crippen MR) is 91.0 cm³/mol. The predicted octanol–water partition coefficient (Wildman–Crippen LogP) is 3.38. The van der Waals surface area contributed by atoms with Crippen molar-refractivity contribution in [3.05, 3.63) is 58.0 Å². The molecule has 3 rings (SSSR count). The number of nitrogens with zero attached hydrogens (tertiary/aromatic N) is 1. The number of carbonyl (C=O) groups excluding carboxylic acids is 1. The lowest BCUT2D eigenvalue weighted by molar-refractivity contribution is -0.120. The number of hydrogen-bond acceptors (Lipinski definition) is 3. The fourth-order valence-corrected chi connectivity index (χ4v) is 3.78. The summed E-state index contributed by atoms with van der Waals surface area (Å²) in [4.78, 5) is 15.4. The fourth-order valence-electron chi connectivity index (χ4n) is 3.08. The Labute approximate surface area is 140 Å². The number of halogens is 1. The van der Waals surface area contributed by atoms with E-state index < -0.39 is 0 Å². The van der Waals surface area contributed by atoms with E-state index >= 15 is 0 Å². The molecular formula is C18H21FN2OS. The third-order valence-corrected chi connectivity index (χ3v) is 5.13. The molecule has 2 heterocycles. The van der Waals surface area contributed by atoms with Crippen molar-refractivity contribution in [3.63, 3.8) is 0 Å². The molecule has 0 radical (unpaired) electrons. The van der Waals surface area contributed by atoms with Gasteiger partial charge in [-0.15, -0.1) is 11.3 Å². The van der Waals surface area contributed by atoms with E-state index in [1.807, 2.05) is 29.6 Å². The van der Waals surface area contributed by atoms with Gasteiger partial charge in [0.2, 0.25) is 5.91 Å². The van der Waals surface area contributed by atoms with Crippen molar-refractivity contribution >= 4 is 17.2 Å². The molecular weight excluding hydrogens is 311 g/mol. The molecule has 2 aromatic rings. The molecule has 23 heavy (non-hydrogen) atoms. The average Bonchev–Trinajstić information content (AvgIpc) is 3.23. The summed E-state index contributed by atoms with van der Waals surface area (Å²) in [5.74, 6) is -0.204. The van der Waals surface area contributed by atoms with Crippen molar-refractivity contribution < 1.29 is 9.18 Å². The highest BCUT2D eigenvalue weighted by atomic mass is 32.1. The van der Waals surface area contributed by atoms with Gasteiger partial charge in [0.1, 0.15) is 5.82 Å². The van der Waals surface area contributed by atoms with E-state index in [1.165, 1.54) is 6.07 Å². The number of amides is 1. The second-order valence-electron chi connectivity index (χ2n) is 5.84. The van der Waals surface area contributed by atoms with Gasteiger partial charge in [0.25, 0.3) is 0 Å². The first-order valence-corrected chi connectivity index (χ1v) is 8.89. The summed E-state index contributed by atoms with van der Waals surface area (Å²) in [5.41, 5.74) is 0.672. The van der Waals surface area contributed by atoms with Crippen LogP contribution in [0.5, 0.6) is 0 Å². The molecule has 0 bridgehead atoms. The van der Waals surface area contributed by atoms with E-state index in [0.717, 1.165) is 30.8 Å². The zero-order chi connectivity index (χ0) is 16.1. The van der Waals surface area contributed by atoms with Crippen LogP contribution in [0.2, 0.25) is 0 Å². The smallest absolute Gasteiger partial charge is 0.225 e. The molecule has 1 N–H and O–H groups in total. The van der Waals surface area contributed by atoms with E-state index in [9.17, 15) is 9.18 Å². The molecule has 1 atom stereocenters. The first kappa shape index (κ1) is 16.1. The number of rotatable bonds is 6. The van der Waals surface area contributed by atoms with Gasteiger partial charge in [-0.25, -0.2) is 4.39 Å². The molecule has 0 aliphatic carbocycles. The van der Waals surface area contributed by atoms with Gasteiger partial charge in [-0.05, 0) is 43.4 Å². The molecule has 3 nitrogen and oxygen atoms in total. The molecule has 0 spiro atoms. The minimum absolute atomic E-state index is 0.00649. The molecule has 0 saturated carbocycles. The SMILES string of the molecule is O=C(Cc1cccs1)NC[C@H](c1ccccc1F)N1CCCC1. The van der Waals surface area contributed by atoms with Gasteiger partial charge in [0, 0.05) is 17.0 Å². The van der Waals surface area contributed by atoms with Gasteiger partial charge in [-0.3, -0.25) is 9.69 Å². The molecule has 1 fully saturated rings. The van der Waals surface area contributed by atoms with Crippen LogP contribution in [0.3, 0.4) is 0 Å². The number of benzene rings is 1. The Bertz CT molecular complexity index is 638. The van der Waals surface area contributed by atoms with Crippen molar-refractivity contribution in [1.82, 2.24) is 10.2 Å². The molecule has 5 heteroatoms. The molecule has 0 unspecified atom stereocenters. The summed E-state index contributed by atoms with van der Waals surface area (Å²) in [5, 5.41) is 4.95. The number of carbonyl (C=O) groups is 1. The van der Waals surface area contributed by atoms with Crippen LogP contribution in [0.15, 0.2) is 41.8 Å². The quantitative estimate of drug-likeness (QED) is 0.879. The Morgan fingerprint density at radius 1 is 1.22 bits per heavy atom. The summed E-state index contributed by atoms with van der Waals surface area (Å²) in [7, 11) is 0. The number of thiophene rings is 1. The Morgan fingerprint density at radius 2 is 2.00 bits per heavy atom. The van der Waals surface area contributed by atoms with Crippen LogP contribution >= 0.6 is 11.3 Å². The summed E-state index contributed by atoms with van der Waals surface area (Å²) in [6, 6.07) is 10.7. The highest BCUT2D eigenvalue weighted by Crippen LogP contribution is 2.26. The Hall–Kier alpha value is -1.72. The van der Waals surface area contributed by atoms with E-state index in [-0.39, 0.29) is 17.8 Å². The monoisotopic (exact) mass is 332 g/mol. The second-order valence-corrected chi connectivity index (χ2v) is 6.87. The third kappa shape index (κ3) is 4.18. The Kier molecular flexibility index (Phi) is 5.41. The Balaban J connectivity index is 1.66. The minimum atomic E-state index is -0.197. The molecule has 1 aliphatic heterocycles. The van der Waals surface area contributed by atoms with E-state index in [4.69, 9.17) is 0 Å². The van der Waals surface area contributed by atoms with E-state index in [1.54, 1.807) is 17.4 Å². The largest absolute Gasteiger partial charge is 0.354 e. The number of nitrogens with one attached hydrogen (secondary N) is 1. The average molecular weight is 332 g/mol. The van der Waals surface area contributed by atoms with E-state index in [2.05, 4.69) is 10.2 Å². The van der Waals surface area contributed by atoms with Gasteiger partial charge in [0.15, 0.2) is 0 Å². The van der Waals surface area contributed by atoms with Crippen molar-refractivity contribution in [2.24, 2.45) is 0 Å². The van der Waals surface area contributed by atoms with Crippen LogP contribution in [0.4, 0.5) is 4.39 Å². The van der Waals surface area contributed by atoms with Crippen LogP contribution in [0.1, 0.15) is 29.3 Å². The highest BCUT2D eigenvalue weighted by molar-refractivity contribution is 7.10. The maximum atomic E-state index is 14.2. The van der Waals surface area contributed by atoms with Gasteiger partial charge < -0.3 is 5.32 Å². The van der Waals surface area contributed by atoms with Gasteiger partial charge >= 0.3 is 0 Å². The van der Waals surface area contributed by atoms with Crippen molar-refractivity contribution in [1.29, 1.82) is 0 Å². The third-order valence-electron chi connectivity index (χ3n) is 4.25. The number of hydrogen-bond donors (Lipinski definition) is 1. The summed E-state index contributed by atoms with van der Waals surface area (Å²) in [6.07, 6.45) is 2.66. The van der Waals surface area contributed by atoms with E-state index in [0.29, 0.717) is 18.5 Å². The molecule has 1 aromatic carbocycles. The lowest BCUT2D eigenvalue weighted by Crippen LogP contribution is -2.37. The fraction of sp³-hybridized carbons (Fsp3) is 0.389. The zero-order valence-electron chi connectivity index (χ0n) is 13.0. The maximum Gasteiger partial charge on any atom is 0.225 e. The lowest BCUT2D eigenvalue weighted by Gasteiger charge is -2.28.